The highest BCUT2D eigenvalue weighted by Crippen LogP contribution is 2.19. The van der Waals surface area contributed by atoms with Gasteiger partial charge < -0.3 is 19.7 Å². The monoisotopic (exact) mass is 336 g/mol. The third-order valence-corrected chi connectivity index (χ3v) is 5.44. The molecule has 0 saturated carbocycles. The lowest BCUT2D eigenvalue weighted by molar-refractivity contribution is -0.0728. The van der Waals surface area contributed by atoms with Crippen LogP contribution in [0.1, 0.15) is 51.4 Å². The van der Waals surface area contributed by atoms with Gasteiger partial charge in [0.25, 0.3) is 0 Å². The van der Waals surface area contributed by atoms with Crippen LogP contribution >= 0.6 is 0 Å². The summed E-state index contributed by atoms with van der Waals surface area (Å²) in [5, 5.41) is 3.11. The second-order valence-electron chi connectivity index (χ2n) is 7.34. The minimum Gasteiger partial charge on any atom is -0.376 e. The van der Waals surface area contributed by atoms with Crippen LogP contribution in [0.4, 0.5) is 4.79 Å². The molecule has 2 aliphatic heterocycles. The minimum absolute atomic E-state index is 0.0959. The van der Waals surface area contributed by atoms with Crippen molar-refractivity contribution in [2.75, 3.05) is 32.8 Å². The van der Waals surface area contributed by atoms with Crippen LogP contribution in [-0.4, -0.2) is 56.0 Å². The van der Waals surface area contributed by atoms with Gasteiger partial charge in [0.2, 0.25) is 0 Å². The van der Waals surface area contributed by atoms with Crippen LogP contribution in [0.5, 0.6) is 0 Å². The van der Waals surface area contributed by atoms with E-state index in [1.54, 1.807) is 0 Å². The van der Waals surface area contributed by atoms with Gasteiger partial charge in [-0.15, -0.1) is 0 Å². The lowest BCUT2D eigenvalue weighted by atomic mass is 9.94. The van der Waals surface area contributed by atoms with Gasteiger partial charge in [0.15, 0.2) is 0 Å². The second kappa shape index (κ2) is 9.42. The molecule has 0 aromatic heterocycles. The SMILES string of the molecule is O=C(NC[C@H]1CC=CCC1)N1CCC(OC[C@H]2CCCCO2)CC1. The maximum Gasteiger partial charge on any atom is 0.317 e. The first-order valence-corrected chi connectivity index (χ1v) is 9.72. The Labute approximate surface area is 145 Å². The predicted octanol–water partition coefficient (Wildman–Crippen LogP) is 3.10. The number of likely N-dealkylation sites (tertiary alicyclic amines) is 1. The number of hydrogen-bond donors (Lipinski definition) is 1. The molecular weight excluding hydrogens is 304 g/mol. The number of piperidine rings is 1. The molecular formula is C19H32N2O3. The number of carbonyl (C=O) groups excluding carboxylic acids is 1. The first-order valence-electron chi connectivity index (χ1n) is 9.72. The molecule has 0 aromatic carbocycles. The number of urea groups is 1. The zero-order chi connectivity index (χ0) is 16.6. The summed E-state index contributed by atoms with van der Waals surface area (Å²) >= 11 is 0. The van der Waals surface area contributed by atoms with Crippen molar-refractivity contribution in [2.24, 2.45) is 5.92 Å². The third kappa shape index (κ3) is 5.49. The van der Waals surface area contributed by atoms with E-state index in [1.165, 1.54) is 19.3 Å². The Balaban J connectivity index is 1.29. The molecule has 0 spiro atoms. The average molecular weight is 336 g/mol. The molecule has 0 unspecified atom stereocenters. The highest BCUT2D eigenvalue weighted by Gasteiger charge is 2.25. The molecule has 3 aliphatic rings. The number of hydrogen-bond acceptors (Lipinski definition) is 3. The van der Waals surface area contributed by atoms with Crippen LogP contribution in [0.3, 0.4) is 0 Å². The normalized spacial score (nSPS) is 28.8. The zero-order valence-electron chi connectivity index (χ0n) is 14.8. The van der Waals surface area contributed by atoms with E-state index in [-0.39, 0.29) is 18.2 Å². The molecule has 1 aliphatic carbocycles. The summed E-state index contributed by atoms with van der Waals surface area (Å²) in [5.74, 6) is 0.607. The first kappa shape index (κ1) is 17.7. The molecule has 1 N–H and O–H groups in total. The van der Waals surface area contributed by atoms with E-state index in [0.717, 1.165) is 58.3 Å². The number of rotatable bonds is 5. The second-order valence-corrected chi connectivity index (χ2v) is 7.34. The maximum atomic E-state index is 12.3. The van der Waals surface area contributed by atoms with Crippen LogP contribution in [0.2, 0.25) is 0 Å². The van der Waals surface area contributed by atoms with Gasteiger partial charge in [-0.25, -0.2) is 4.79 Å². The molecule has 0 aromatic rings. The van der Waals surface area contributed by atoms with Gasteiger partial charge in [0.1, 0.15) is 0 Å². The fourth-order valence-electron chi connectivity index (χ4n) is 3.79. The molecule has 24 heavy (non-hydrogen) atoms. The molecule has 2 saturated heterocycles. The predicted molar refractivity (Wildman–Crippen MR) is 94.0 cm³/mol. The summed E-state index contributed by atoms with van der Waals surface area (Å²) in [4.78, 5) is 14.2. The molecule has 2 heterocycles. The molecule has 2 fully saturated rings. The number of nitrogens with one attached hydrogen (secondary N) is 1. The zero-order valence-corrected chi connectivity index (χ0v) is 14.8. The van der Waals surface area contributed by atoms with Gasteiger partial charge >= 0.3 is 6.03 Å². The van der Waals surface area contributed by atoms with Crippen LogP contribution < -0.4 is 5.32 Å². The standard InChI is InChI=1S/C19H32N2O3/c22-19(20-14-16-6-2-1-3-7-16)21-11-9-17(10-12-21)24-15-18-8-4-5-13-23-18/h1-2,16-18H,3-15H2,(H,20,22)/t16-,18+/m0/s1. The highest BCUT2D eigenvalue weighted by molar-refractivity contribution is 5.74. The third-order valence-electron chi connectivity index (χ3n) is 5.44. The van der Waals surface area contributed by atoms with Crippen molar-refractivity contribution >= 4 is 6.03 Å². The maximum absolute atomic E-state index is 12.3. The molecule has 5 nitrogen and oxygen atoms in total. The van der Waals surface area contributed by atoms with Gasteiger partial charge in [-0.3, -0.25) is 0 Å². The van der Waals surface area contributed by atoms with Crippen molar-refractivity contribution in [1.82, 2.24) is 10.2 Å². The number of amides is 2. The number of allylic oxidation sites excluding steroid dienone is 2. The van der Waals surface area contributed by atoms with Gasteiger partial charge in [-0.05, 0) is 57.3 Å². The van der Waals surface area contributed by atoms with Crippen molar-refractivity contribution in [1.29, 1.82) is 0 Å². The Bertz CT molecular complexity index is 413. The molecule has 3 rings (SSSR count). The smallest absolute Gasteiger partial charge is 0.317 e. The summed E-state index contributed by atoms with van der Waals surface area (Å²) in [6.07, 6.45) is 13.9. The lowest BCUT2D eigenvalue weighted by Crippen LogP contribution is -2.47. The molecule has 2 amide bonds. The quantitative estimate of drug-likeness (QED) is 0.785. The lowest BCUT2D eigenvalue weighted by Gasteiger charge is -2.33. The fraction of sp³-hybridized carbons (Fsp3) is 0.842. The minimum atomic E-state index is 0.0959. The van der Waals surface area contributed by atoms with Crippen molar-refractivity contribution in [3.63, 3.8) is 0 Å². The van der Waals surface area contributed by atoms with Crippen molar-refractivity contribution < 1.29 is 14.3 Å². The Kier molecular flexibility index (Phi) is 6.97. The highest BCUT2D eigenvalue weighted by atomic mass is 16.5. The van der Waals surface area contributed by atoms with E-state index in [9.17, 15) is 4.79 Å². The number of carbonyl (C=O) groups is 1. The summed E-state index contributed by atoms with van der Waals surface area (Å²) in [6.45, 7) is 3.99. The van der Waals surface area contributed by atoms with E-state index >= 15 is 0 Å². The summed E-state index contributed by atoms with van der Waals surface area (Å²) < 4.78 is 11.7. The van der Waals surface area contributed by atoms with Crippen molar-refractivity contribution in [3.8, 4) is 0 Å². The van der Waals surface area contributed by atoms with Crippen LogP contribution in [0.25, 0.3) is 0 Å². The van der Waals surface area contributed by atoms with Crippen molar-refractivity contribution in [2.45, 2.75) is 63.6 Å². The molecule has 2 atom stereocenters. The molecule has 5 heteroatoms. The molecule has 0 radical (unpaired) electrons. The number of ether oxygens (including phenoxy) is 2. The summed E-state index contributed by atoms with van der Waals surface area (Å²) in [5.41, 5.74) is 0. The average Bonchev–Trinajstić information content (AvgIpc) is 2.66. The van der Waals surface area contributed by atoms with Crippen LogP contribution in [-0.2, 0) is 9.47 Å². The Morgan fingerprint density at radius 2 is 2.04 bits per heavy atom. The Hall–Kier alpha value is -1.07. The van der Waals surface area contributed by atoms with Crippen LogP contribution in [0, 0.1) is 5.92 Å². The van der Waals surface area contributed by atoms with E-state index in [0.29, 0.717) is 12.5 Å². The van der Waals surface area contributed by atoms with Gasteiger partial charge in [-0.2, -0.15) is 0 Å². The van der Waals surface area contributed by atoms with Gasteiger partial charge in [0, 0.05) is 26.2 Å². The van der Waals surface area contributed by atoms with Crippen LogP contribution in [0.15, 0.2) is 12.2 Å². The van der Waals surface area contributed by atoms with E-state index < -0.39 is 0 Å². The Morgan fingerprint density at radius 1 is 1.17 bits per heavy atom. The first-order chi connectivity index (χ1) is 11.8. The summed E-state index contributed by atoms with van der Waals surface area (Å²) in [6, 6.07) is 0.0959. The van der Waals surface area contributed by atoms with E-state index in [2.05, 4.69) is 17.5 Å². The summed E-state index contributed by atoms with van der Waals surface area (Å²) in [7, 11) is 0. The fourth-order valence-corrected chi connectivity index (χ4v) is 3.79. The number of nitrogens with zero attached hydrogens (tertiary/aromatic N) is 1. The Morgan fingerprint density at radius 3 is 2.75 bits per heavy atom. The largest absolute Gasteiger partial charge is 0.376 e. The van der Waals surface area contributed by atoms with Crippen molar-refractivity contribution in [3.05, 3.63) is 12.2 Å². The molecule has 136 valence electrons. The van der Waals surface area contributed by atoms with E-state index in [1.807, 2.05) is 4.90 Å². The topological polar surface area (TPSA) is 50.8 Å². The van der Waals surface area contributed by atoms with Gasteiger partial charge in [-0.1, -0.05) is 12.2 Å². The van der Waals surface area contributed by atoms with E-state index in [4.69, 9.17) is 9.47 Å². The molecule has 0 bridgehead atoms. The van der Waals surface area contributed by atoms with Gasteiger partial charge in [0.05, 0.1) is 18.8 Å².